The molecule has 1 aromatic rings. The first-order valence-electron chi connectivity index (χ1n) is 7.54. The topological polar surface area (TPSA) is 75.8 Å². The van der Waals surface area contributed by atoms with Gasteiger partial charge < -0.3 is 20.5 Å². The SMILES string of the molecule is NCC(O)C1CCCCN(C(=O)OCc2ccccc2)C1. The molecule has 2 rings (SSSR count). The molecular weight excluding hydrogens is 268 g/mol. The predicted molar refractivity (Wildman–Crippen MR) is 80.6 cm³/mol. The van der Waals surface area contributed by atoms with Gasteiger partial charge in [0.1, 0.15) is 6.61 Å². The summed E-state index contributed by atoms with van der Waals surface area (Å²) in [7, 11) is 0. The lowest BCUT2D eigenvalue weighted by atomic mass is 9.97. The van der Waals surface area contributed by atoms with Gasteiger partial charge in [0.05, 0.1) is 6.10 Å². The third kappa shape index (κ3) is 4.72. The summed E-state index contributed by atoms with van der Waals surface area (Å²) in [4.78, 5) is 13.9. The van der Waals surface area contributed by atoms with Crippen LogP contribution in [0.5, 0.6) is 0 Å². The maximum atomic E-state index is 12.2. The first-order chi connectivity index (χ1) is 10.2. The van der Waals surface area contributed by atoms with Gasteiger partial charge in [-0.1, -0.05) is 36.8 Å². The second-order valence-corrected chi connectivity index (χ2v) is 5.55. The van der Waals surface area contributed by atoms with E-state index in [1.165, 1.54) is 0 Å². The van der Waals surface area contributed by atoms with Crippen LogP contribution in [-0.4, -0.2) is 41.8 Å². The van der Waals surface area contributed by atoms with E-state index >= 15 is 0 Å². The lowest BCUT2D eigenvalue weighted by Crippen LogP contribution is -2.40. The number of carbonyl (C=O) groups is 1. The number of nitrogens with zero attached hydrogens (tertiary/aromatic N) is 1. The van der Waals surface area contributed by atoms with Crippen molar-refractivity contribution in [1.29, 1.82) is 0 Å². The number of amides is 1. The molecule has 0 radical (unpaired) electrons. The smallest absolute Gasteiger partial charge is 0.410 e. The monoisotopic (exact) mass is 292 g/mol. The van der Waals surface area contributed by atoms with E-state index < -0.39 is 6.10 Å². The number of hydrogen-bond acceptors (Lipinski definition) is 4. The van der Waals surface area contributed by atoms with Crippen LogP contribution in [0.1, 0.15) is 24.8 Å². The zero-order valence-corrected chi connectivity index (χ0v) is 12.3. The Hall–Kier alpha value is -1.59. The second kappa shape index (κ2) is 8.00. The molecule has 1 amide bonds. The van der Waals surface area contributed by atoms with E-state index in [1.54, 1.807) is 4.90 Å². The van der Waals surface area contributed by atoms with E-state index in [-0.39, 0.29) is 25.2 Å². The van der Waals surface area contributed by atoms with Gasteiger partial charge in [0.25, 0.3) is 0 Å². The normalized spacial score (nSPS) is 20.7. The van der Waals surface area contributed by atoms with Crippen LogP contribution in [0.4, 0.5) is 4.79 Å². The highest BCUT2D eigenvalue weighted by molar-refractivity contribution is 5.67. The van der Waals surface area contributed by atoms with E-state index in [2.05, 4.69) is 0 Å². The van der Waals surface area contributed by atoms with Crippen LogP contribution in [0.3, 0.4) is 0 Å². The number of likely N-dealkylation sites (tertiary alicyclic amines) is 1. The predicted octanol–water partition coefficient (Wildman–Crippen LogP) is 1.74. The highest BCUT2D eigenvalue weighted by Gasteiger charge is 2.27. The first-order valence-corrected chi connectivity index (χ1v) is 7.54. The fourth-order valence-corrected chi connectivity index (χ4v) is 2.66. The molecule has 116 valence electrons. The number of nitrogens with two attached hydrogens (primary N) is 1. The molecule has 2 atom stereocenters. The molecule has 1 aromatic carbocycles. The quantitative estimate of drug-likeness (QED) is 0.886. The van der Waals surface area contributed by atoms with E-state index in [1.807, 2.05) is 30.3 Å². The third-order valence-electron chi connectivity index (χ3n) is 3.96. The first kappa shape index (κ1) is 15.8. The van der Waals surface area contributed by atoms with Crippen molar-refractivity contribution in [1.82, 2.24) is 4.90 Å². The summed E-state index contributed by atoms with van der Waals surface area (Å²) in [5, 5.41) is 9.91. The third-order valence-corrected chi connectivity index (χ3v) is 3.96. The summed E-state index contributed by atoms with van der Waals surface area (Å²) in [6, 6.07) is 9.62. The Kier molecular flexibility index (Phi) is 6.02. The van der Waals surface area contributed by atoms with Crippen molar-refractivity contribution in [3.05, 3.63) is 35.9 Å². The number of aliphatic hydroxyl groups excluding tert-OH is 1. The molecule has 0 saturated carbocycles. The van der Waals surface area contributed by atoms with Gasteiger partial charge in [-0.25, -0.2) is 4.79 Å². The van der Waals surface area contributed by atoms with E-state index in [9.17, 15) is 9.90 Å². The molecule has 0 bridgehead atoms. The molecule has 1 aliphatic heterocycles. The van der Waals surface area contributed by atoms with Crippen LogP contribution in [0.15, 0.2) is 30.3 Å². The summed E-state index contributed by atoms with van der Waals surface area (Å²) in [6.45, 7) is 1.71. The Balaban J connectivity index is 1.88. The van der Waals surface area contributed by atoms with Gasteiger partial charge in [-0.15, -0.1) is 0 Å². The fourth-order valence-electron chi connectivity index (χ4n) is 2.66. The van der Waals surface area contributed by atoms with Crippen LogP contribution < -0.4 is 5.73 Å². The molecule has 1 saturated heterocycles. The van der Waals surface area contributed by atoms with Gasteiger partial charge in [0.15, 0.2) is 0 Å². The average Bonchev–Trinajstić information content (AvgIpc) is 2.79. The zero-order chi connectivity index (χ0) is 15.1. The minimum Gasteiger partial charge on any atom is -0.445 e. The highest BCUT2D eigenvalue weighted by atomic mass is 16.6. The summed E-state index contributed by atoms with van der Waals surface area (Å²) in [5.74, 6) is 0.0433. The van der Waals surface area contributed by atoms with Gasteiger partial charge in [-0.2, -0.15) is 0 Å². The summed E-state index contributed by atoms with van der Waals surface area (Å²) in [5.41, 5.74) is 6.50. The van der Waals surface area contributed by atoms with Gasteiger partial charge in [0.2, 0.25) is 0 Å². The molecule has 1 aliphatic rings. The zero-order valence-electron chi connectivity index (χ0n) is 12.3. The molecule has 21 heavy (non-hydrogen) atoms. The average molecular weight is 292 g/mol. The molecule has 1 heterocycles. The van der Waals surface area contributed by atoms with Gasteiger partial charge in [-0.05, 0) is 18.4 Å². The van der Waals surface area contributed by atoms with Crippen molar-refractivity contribution in [2.24, 2.45) is 11.7 Å². The van der Waals surface area contributed by atoms with Crippen LogP contribution in [-0.2, 0) is 11.3 Å². The molecule has 1 fully saturated rings. The number of benzene rings is 1. The van der Waals surface area contributed by atoms with E-state index in [0.717, 1.165) is 24.8 Å². The van der Waals surface area contributed by atoms with Crippen molar-refractivity contribution >= 4 is 6.09 Å². The lowest BCUT2D eigenvalue weighted by molar-refractivity contribution is 0.0675. The largest absolute Gasteiger partial charge is 0.445 e. The molecule has 2 unspecified atom stereocenters. The molecule has 0 spiro atoms. The second-order valence-electron chi connectivity index (χ2n) is 5.55. The Labute approximate surface area is 125 Å². The van der Waals surface area contributed by atoms with Crippen molar-refractivity contribution in [3.63, 3.8) is 0 Å². The minimum atomic E-state index is -0.549. The lowest BCUT2D eigenvalue weighted by Gasteiger charge is -2.26. The molecule has 5 nitrogen and oxygen atoms in total. The number of hydrogen-bond donors (Lipinski definition) is 2. The summed E-state index contributed by atoms with van der Waals surface area (Å²) in [6.07, 6.45) is 1.99. The van der Waals surface area contributed by atoms with Crippen LogP contribution >= 0.6 is 0 Å². The maximum Gasteiger partial charge on any atom is 0.410 e. The number of rotatable bonds is 4. The van der Waals surface area contributed by atoms with Crippen molar-refractivity contribution < 1.29 is 14.6 Å². The summed E-state index contributed by atoms with van der Waals surface area (Å²) < 4.78 is 5.36. The molecule has 0 aromatic heterocycles. The van der Waals surface area contributed by atoms with E-state index in [0.29, 0.717) is 13.1 Å². The molecule has 5 heteroatoms. The van der Waals surface area contributed by atoms with Crippen LogP contribution in [0.25, 0.3) is 0 Å². The Morgan fingerprint density at radius 2 is 2.14 bits per heavy atom. The highest BCUT2D eigenvalue weighted by Crippen LogP contribution is 2.20. The minimum absolute atomic E-state index is 0.0433. The number of ether oxygens (including phenoxy) is 1. The maximum absolute atomic E-state index is 12.2. The van der Waals surface area contributed by atoms with Crippen LogP contribution in [0.2, 0.25) is 0 Å². The van der Waals surface area contributed by atoms with Gasteiger partial charge in [-0.3, -0.25) is 0 Å². The number of aliphatic hydroxyl groups is 1. The van der Waals surface area contributed by atoms with Gasteiger partial charge >= 0.3 is 6.09 Å². The number of carbonyl (C=O) groups excluding carboxylic acids is 1. The van der Waals surface area contributed by atoms with Gasteiger partial charge in [0, 0.05) is 25.6 Å². The fraction of sp³-hybridized carbons (Fsp3) is 0.562. The Morgan fingerprint density at radius 3 is 2.86 bits per heavy atom. The standard InChI is InChI=1S/C16H24N2O3/c17-10-15(19)14-8-4-5-9-18(11-14)16(20)21-12-13-6-2-1-3-7-13/h1-3,6-7,14-15,19H,4-5,8-12,17H2. The Bertz CT molecular complexity index is 438. The van der Waals surface area contributed by atoms with E-state index in [4.69, 9.17) is 10.5 Å². The molecule has 3 N–H and O–H groups in total. The molecular formula is C16H24N2O3. The molecule has 0 aliphatic carbocycles. The van der Waals surface area contributed by atoms with Crippen LogP contribution in [0, 0.1) is 5.92 Å². The Morgan fingerprint density at radius 1 is 1.38 bits per heavy atom. The van der Waals surface area contributed by atoms with Crippen molar-refractivity contribution in [2.75, 3.05) is 19.6 Å². The summed E-state index contributed by atoms with van der Waals surface area (Å²) >= 11 is 0. The van der Waals surface area contributed by atoms with Crippen molar-refractivity contribution in [3.8, 4) is 0 Å². The van der Waals surface area contributed by atoms with Crippen molar-refractivity contribution in [2.45, 2.75) is 32.0 Å².